The van der Waals surface area contributed by atoms with E-state index in [2.05, 4.69) is 63.4 Å². The SMILES string of the molecule is CC/C=C1/C=CC2(CCCCC2)CC1.CCCC1CCC2(CC1)CCN(C(=O)c1ccc(C#N)cc1)CC2.CCCC1CCC2(CC1)CCN(C(=O)c1ccc(C(=N)N)cc1)CC2.CCCC1CCC2(CCNCC2)CC1.N#Cc1ccc(C(=O)Cl)cc1.N=C(N)c1ccc(C(=O)N2CCC3(CCC(CCC(=O)O)CC3)CC2)cc1.O=C1C=CC2(CCCCC2)CC1. The zero-order valence-electron chi connectivity index (χ0n) is 78.0. The maximum Gasteiger partial charge on any atom is 0.303 e. The number of hydrogen-bond donors (Lipinski definition) is 6. The van der Waals surface area contributed by atoms with Gasteiger partial charge in [0.2, 0.25) is 0 Å². The molecule has 0 aromatic heterocycles. The summed E-state index contributed by atoms with van der Waals surface area (Å²) >= 11 is 5.18. The number of carbonyl (C=O) groups excluding carboxylic acids is 5. The number of nitrogens with zero attached hydrogens (tertiary/aromatic N) is 5. The number of nitrogens with two attached hydrogens (primary N) is 2. The molecular formula is C109H155ClN10O7. The number of allylic oxidation sites excluding steroid dienone is 6. The van der Waals surface area contributed by atoms with Gasteiger partial charge in [-0.25, -0.2) is 0 Å². The number of rotatable bonds is 16. The molecule has 0 atom stereocenters. The highest BCUT2D eigenvalue weighted by Gasteiger charge is 2.44. The molecule has 8 N–H and O–H groups in total. The maximum absolute atomic E-state index is 12.7. The number of halogens is 1. The standard InChI is InChI=1S/C21H29N3O3.C21H31N3O.C21H28N2O.C14H22.C13H25N.C11H16O.C8H4ClNO/c22-19(23)16-2-4-17(5-3-16)20(27)24-13-11-21(12-14-24)9-7-15(8-10-21)1-6-18(25)26;1-2-3-16-8-10-21(11-9-16)12-14-24(15-13-21)20(25)18-6-4-17(5-7-18)19(22)23;1-2-3-17-8-10-21(11-9-17)12-14-23(15-13-21)20(24)19-6-4-18(16-22)5-7-19;1-2-6-13-7-11-14(12-8-13)9-4-3-5-10-14;1-2-3-12-4-6-13(7-5-12)8-10-14-11-9-13;12-10-4-8-11(9-5-10)6-2-1-3-7-11;9-8(11)7-3-1-6(5-10)2-4-7/h2-5,15H,1,6-14H2,(H3,22,23)(H,25,26);4-7,16H,2-3,8-15H2,1H3,(H3,22,23);4-7,17H,2-3,8-15H2,1H3;6-7,11H,2-5,8-10,12H2,1H3;12,14H,2-11H2,1H3;4,8H,1-3,5-7,9H2;1-4H/b;;;13-6-;;;. The van der Waals surface area contributed by atoms with Gasteiger partial charge in [0.05, 0.1) is 23.3 Å². The van der Waals surface area contributed by atoms with E-state index in [-0.39, 0.29) is 35.8 Å². The normalized spacial score (nSPS) is 23.1. The molecule has 4 saturated heterocycles. The van der Waals surface area contributed by atoms with Gasteiger partial charge < -0.3 is 36.6 Å². The van der Waals surface area contributed by atoms with Crippen LogP contribution in [0, 0.1) is 89.6 Å². The van der Waals surface area contributed by atoms with E-state index in [4.69, 9.17) is 49.5 Å². The molecule has 18 heteroatoms. The number of ketones is 1. The molecule has 0 bridgehead atoms. The minimum absolute atomic E-state index is 0.00729. The van der Waals surface area contributed by atoms with Crippen LogP contribution in [-0.4, -0.2) is 119 Å². The van der Waals surface area contributed by atoms with Crippen LogP contribution in [0.1, 0.15) is 393 Å². The van der Waals surface area contributed by atoms with Crippen molar-refractivity contribution in [3.05, 3.63) is 178 Å². The molecule has 4 heterocycles. The molecule has 4 aromatic rings. The molecule has 16 rings (SSSR count). The van der Waals surface area contributed by atoms with E-state index in [0.29, 0.717) is 83.3 Å². The van der Waals surface area contributed by atoms with E-state index >= 15 is 0 Å². The van der Waals surface area contributed by atoms with Crippen molar-refractivity contribution in [2.45, 2.75) is 329 Å². The van der Waals surface area contributed by atoms with Crippen molar-refractivity contribution >= 4 is 58.0 Å². The van der Waals surface area contributed by atoms with Crippen LogP contribution < -0.4 is 16.8 Å². The van der Waals surface area contributed by atoms with E-state index < -0.39 is 11.2 Å². The minimum Gasteiger partial charge on any atom is -0.481 e. The van der Waals surface area contributed by atoms with Crippen molar-refractivity contribution in [2.75, 3.05) is 52.4 Å². The van der Waals surface area contributed by atoms with Gasteiger partial charge in [-0.3, -0.25) is 39.6 Å². The van der Waals surface area contributed by atoms with Gasteiger partial charge in [0.1, 0.15) is 11.7 Å². The maximum atomic E-state index is 12.7. The molecule has 6 saturated carbocycles. The first-order valence-corrected chi connectivity index (χ1v) is 50.2. The molecule has 0 unspecified atom stereocenters. The molecule has 0 radical (unpaired) electrons. The number of piperidine rings is 4. The van der Waals surface area contributed by atoms with Crippen LogP contribution in [0.5, 0.6) is 0 Å². The first-order chi connectivity index (χ1) is 61.3. The fourth-order valence-electron chi connectivity index (χ4n) is 23.3. The van der Waals surface area contributed by atoms with Crippen LogP contribution in [0.25, 0.3) is 0 Å². The number of likely N-dealkylation sites (tertiary alicyclic amines) is 3. The molecule has 690 valence electrons. The van der Waals surface area contributed by atoms with Crippen LogP contribution in [-0.2, 0) is 9.59 Å². The first kappa shape index (κ1) is 101. The van der Waals surface area contributed by atoms with Gasteiger partial charge in [-0.2, -0.15) is 10.5 Å². The second kappa shape index (κ2) is 50.0. The molecule has 17 nitrogen and oxygen atoms in total. The van der Waals surface area contributed by atoms with Crippen molar-refractivity contribution < 1.29 is 33.9 Å². The Bertz CT molecular complexity index is 4320. The number of hydrogen-bond acceptors (Lipinski definition) is 11. The van der Waals surface area contributed by atoms with Crippen LogP contribution in [0.2, 0.25) is 0 Å². The number of benzene rings is 4. The Morgan fingerprint density at radius 1 is 0.425 bits per heavy atom. The summed E-state index contributed by atoms with van der Waals surface area (Å²) in [5.74, 6) is 3.46. The summed E-state index contributed by atoms with van der Waals surface area (Å²) in [6.45, 7) is 16.8. The highest BCUT2D eigenvalue weighted by atomic mass is 35.5. The zero-order chi connectivity index (χ0) is 90.7. The predicted octanol–water partition coefficient (Wildman–Crippen LogP) is 25.0. The predicted molar refractivity (Wildman–Crippen MR) is 515 cm³/mol. The van der Waals surface area contributed by atoms with Crippen molar-refractivity contribution in [1.29, 1.82) is 21.3 Å². The molecular weight excluding hydrogens is 1600 g/mol. The summed E-state index contributed by atoms with van der Waals surface area (Å²) in [6, 6.07) is 31.2. The van der Waals surface area contributed by atoms with Gasteiger partial charge in [0.25, 0.3) is 23.0 Å². The number of carbonyl (C=O) groups is 6. The molecule has 4 aliphatic heterocycles. The largest absolute Gasteiger partial charge is 0.481 e. The average molecular weight is 1750 g/mol. The minimum atomic E-state index is -0.696. The lowest BCUT2D eigenvalue weighted by Crippen LogP contribution is -2.44. The van der Waals surface area contributed by atoms with Gasteiger partial charge in [-0.15, -0.1) is 0 Å². The Morgan fingerprint density at radius 2 is 0.732 bits per heavy atom. The second-order valence-corrected chi connectivity index (χ2v) is 40.8. The third-order valence-corrected chi connectivity index (χ3v) is 32.3. The lowest BCUT2D eigenvalue weighted by molar-refractivity contribution is -0.137. The fourth-order valence-corrected chi connectivity index (χ4v) is 23.4. The Hall–Kier alpha value is -8.51. The van der Waals surface area contributed by atoms with E-state index in [1.54, 1.807) is 90.5 Å². The van der Waals surface area contributed by atoms with Crippen molar-refractivity contribution in [2.24, 2.45) is 67.6 Å². The summed E-state index contributed by atoms with van der Waals surface area (Å²) in [6.07, 6.45) is 71.7. The van der Waals surface area contributed by atoms with E-state index in [1.165, 1.54) is 237 Å². The van der Waals surface area contributed by atoms with E-state index in [9.17, 15) is 28.8 Å². The molecule has 3 amide bonds. The second-order valence-electron chi connectivity index (χ2n) is 40.5. The van der Waals surface area contributed by atoms with Gasteiger partial charge in [-0.05, 0) is 372 Å². The number of carboxylic acids is 1. The molecule has 6 spiro atoms. The summed E-state index contributed by atoms with van der Waals surface area (Å²) < 4.78 is 0. The molecule has 127 heavy (non-hydrogen) atoms. The summed E-state index contributed by atoms with van der Waals surface area (Å²) in [5.41, 5.74) is 20.6. The molecule has 12 aliphatic rings. The van der Waals surface area contributed by atoms with Crippen LogP contribution in [0.3, 0.4) is 0 Å². The van der Waals surface area contributed by atoms with Crippen LogP contribution >= 0.6 is 11.6 Å². The monoisotopic (exact) mass is 1750 g/mol. The number of nitrogens with one attached hydrogen (secondary N) is 3. The van der Waals surface area contributed by atoms with Gasteiger partial charge in [-0.1, -0.05) is 159 Å². The Kier molecular flexibility index (Phi) is 39.7. The number of amidine groups is 2. The van der Waals surface area contributed by atoms with Crippen molar-refractivity contribution in [3.63, 3.8) is 0 Å². The Morgan fingerprint density at radius 3 is 1.02 bits per heavy atom. The topological polar surface area (TPSA) is 292 Å². The average Bonchev–Trinajstić information content (AvgIpc) is 0.816. The summed E-state index contributed by atoms with van der Waals surface area (Å²) in [4.78, 5) is 76.3. The van der Waals surface area contributed by atoms with Crippen molar-refractivity contribution in [3.8, 4) is 12.1 Å². The lowest BCUT2D eigenvalue weighted by Gasteiger charge is -2.46. The highest BCUT2D eigenvalue weighted by Crippen LogP contribution is 2.52. The van der Waals surface area contributed by atoms with E-state index in [1.807, 2.05) is 26.8 Å². The zero-order valence-corrected chi connectivity index (χ0v) is 78.7. The van der Waals surface area contributed by atoms with Gasteiger partial charge in [0.15, 0.2) is 5.78 Å². The Balaban J connectivity index is 0.000000158. The van der Waals surface area contributed by atoms with Gasteiger partial charge in [0, 0.05) is 85.5 Å². The molecule has 10 fully saturated rings. The summed E-state index contributed by atoms with van der Waals surface area (Å²) in [5, 5.41) is 44.0. The van der Waals surface area contributed by atoms with Crippen molar-refractivity contribution in [1.82, 2.24) is 20.0 Å². The Labute approximate surface area is 767 Å². The lowest BCUT2D eigenvalue weighted by atomic mass is 9.65. The first-order valence-electron chi connectivity index (χ1n) is 49.8. The number of amides is 3. The number of nitriles is 2. The molecule has 4 aromatic carbocycles. The van der Waals surface area contributed by atoms with E-state index in [0.717, 1.165) is 146 Å². The molecule has 8 aliphatic carbocycles. The number of aliphatic carboxylic acids is 1. The van der Waals surface area contributed by atoms with Crippen LogP contribution in [0.15, 0.2) is 133 Å². The third-order valence-electron chi connectivity index (χ3n) is 32.1. The highest BCUT2D eigenvalue weighted by molar-refractivity contribution is 6.67. The number of carboxylic acid groups (broad SMARTS) is 1. The number of nitrogen functional groups attached to an aromatic ring is 2. The quantitative estimate of drug-likeness (QED) is 0.0347. The smallest absolute Gasteiger partial charge is 0.303 e. The van der Waals surface area contributed by atoms with Crippen LogP contribution in [0.4, 0.5) is 0 Å². The summed E-state index contributed by atoms with van der Waals surface area (Å²) in [7, 11) is 0. The fraction of sp³-hybridized carbons (Fsp3) is 0.633. The van der Waals surface area contributed by atoms with Gasteiger partial charge >= 0.3 is 5.97 Å². The third kappa shape index (κ3) is 30.5.